The average Bonchev–Trinajstić information content (AvgIpc) is 2.70. The van der Waals surface area contributed by atoms with Crippen molar-refractivity contribution < 1.29 is 0 Å². The van der Waals surface area contributed by atoms with E-state index in [2.05, 4.69) is 34.6 Å². The highest BCUT2D eigenvalue weighted by atomic mass is 14.4. The third kappa shape index (κ3) is 6.25. The lowest BCUT2D eigenvalue weighted by Gasteiger charge is -2.22. The van der Waals surface area contributed by atoms with Crippen LogP contribution in [0.2, 0.25) is 0 Å². The molecule has 1 aliphatic carbocycles. The van der Waals surface area contributed by atoms with Gasteiger partial charge in [-0.25, -0.2) is 0 Å². The lowest BCUT2D eigenvalue weighted by Crippen LogP contribution is -2.13. The van der Waals surface area contributed by atoms with Gasteiger partial charge in [-0.05, 0) is 42.4 Å². The third-order valence-electron chi connectivity index (χ3n) is 5.19. The smallest absolute Gasteiger partial charge is 0.0383 e. The first-order chi connectivity index (χ1) is 8.54. The molecular weight excluding hydrogens is 216 g/mol. The van der Waals surface area contributed by atoms with Crippen molar-refractivity contribution in [2.75, 3.05) is 0 Å². The fourth-order valence-electron chi connectivity index (χ4n) is 3.21. The fraction of sp³-hybridized carbons (Fsp3) is 1.00. The Morgan fingerprint density at radius 2 is 1.50 bits per heavy atom. The molecule has 5 unspecified atom stereocenters. The molecule has 5 atom stereocenters. The molecule has 0 amide bonds. The first-order valence-electron chi connectivity index (χ1n) is 8.54. The van der Waals surface area contributed by atoms with Crippen LogP contribution in [-0.4, -0.2) is 0 Å². The Morgan fingerprint density at radius 3 is 1.94 bits per heavy atom. The molecule has 0 aromatic rings. The summed E-state index contributed by atoms with van der Waals surface area (Å²) in [5.74, 6) is 4.87. The van der Waals surface area contributed by atoms with Gasteiger partial charge in [-0.15, -0.1) is 0 Å². The second kappa shape index (κ2) is 9.87. The molecule has 0 radical (unpaired) electrons. The number of hydrogen-bond donors (Lipinski definition) is 0. The summed E-state index contributed by atoms with van der Waals surface area (Å²) in [6.45, 7) is 16.1. The minimum absolute atomic E-state index is 0.933. The summed E-state index contributed by atoms with van der Waals surface area (Å²) in [5, 5.41) is 0. The Morgan fingerprint density at radius 1 is 0.944 bits per heavy atom. The molecule has 0 spiro atoms. The maximum Gasteiger partial charge on any atom is -0.0383 e. The van der Waals surface area contributed by atoms with Crippen molar-refractivity contribution in [1.29, 1.82) is 0 Å². The van der Waals surface area contributed by atoms with Crippen molar-refractivity contribution in [3.63, 3.8) is 0 Å². The van der Waals surface area contributed by atoms with Crippen molar-refractivity contribution in [3.05, 3.63) is 0 Å². The standard InChI is InChI=1S/C16H32.C2H6/c1-6-12(2)7-8-13(3)11-16-10-9-14(4)15(16)5;1-2/h12-16H,6-11H2,1-5H3;1-2H3. The normalized spacial score (nSPS) is 30.5. The topological polar surface area (TPSA) is 0 Å². The summed E-state index contributed by atoms with van der Waals surface area (Å²) in [5.41, 5.74) is 0. The van der Waals surface area contributed by atoms with Crippen LogP contribution in [0.1, 0.15) is 87.0 Å². The lowest BCUT2D eigenvalue weighted by atomic mass is 9.83. The zero-order valence-corrected chi connectivity index (χ0v) is 14.1. The van der Waals surface area contributed by atoms with E-state index in [9.17, 15) is 0 Å². The van der Waals surface area contributed by atoms with Crippen molar-refractivity contribution in [2.45, 2.75) is 87.0 Å². The summed E-state index contributed by atoms with van der Waals surface area (Å²) in [6.07, 6.45) is 8.70. The molecule has 0 N–H and O–H groups in total. The second-order valence-electron chi connectivity index (χ2n) is 6.61. The SMILES string of the molecule is CC.CCC(C)CCC(C)CC1CCC(C)C1C. The largest absolute Gasteiger partial charge is 0.0683 e. The molecular formula is C18H38. The molecule has 18 heavy (non-hydrogen) atoms. The van der Waals surface area contributed by atoms with E-state index in [-0.39, 0.29) is 0 Å². The van der Waals surface area contributed by atoms with E-state index in [0.29, 0.717) is 0 Å². The Kier molecular flexibility index (Phi) is 9.87. The summed E-state index contributed by atoms with van der Waals surface area (Å²) in [6, 6.07) is 0. The predicted molar refractivity (Wildman–Crippen MR) is 84.9 cm³/mol. The van der Waals surface area contributed by atoms with Gasteiger partial charge in [-0.3, -0.25) is 0 Å². The van der Waals surface area contributed by atoms with E-state index in [1.165, 1.54) is 38.5 Å². The van der Waals surface area contributed by atoms with E-state index in [1.807, 2.05) is 13.8 Å². The van der Waals surface area contributed by atoms with Gasteiger partial charge < -0.3 is 0 Å². The van der Waals surface area contributed by atoms with Gasteiger partial charge >= 0.3 is 0 Å². The Labute approximate surface area is 117 Å². The van der Waals surface area contributed by atoms with E-state index in [1.54, 1.807) is 0 Å². The molecule has 1 rings (SSSR count). The highest BCUT2D eigenvalue weighted by molar-refractivity contribution is 4.80. The van der Waals surface area contributed by atoms with Crippen LogP contribution in [0.5, 0.6) is 0 Å². The van der Waals surface area contributed by atoms with Crippen LogP contribution in [0.25, 0.3) is 0 Å². The lowest BCUT2D eigenvalue weighted by molar-refractivity contribution is 0.281. The zero-order valence-electron chi connectivity index (χ0n) is 14.1. The molecule has 0 nitrogen and oxygen atoms in total. The zero-order chi connectivity index (χ0) is 14.1. The van der Waals surface area contributed by atoms with Crippen LogP contribution >= 0.6 is 0 Å². The van der Waals surface area contributed by atoms with Crippen molar-refractivity contribution >= 4 is 0 Å². The maximum absolute atomic E-state index is 2.48. The Balaban J connectivity index is 0.00000137. The molecule has 110 valence electrons. The van der Waals surface area contributed by atoms with Gasteiger partial charge in [0.05, 0.1) is 0 Å². The van der Waals surface area contributed by atoms with Crippen LogP contribution in [0, 0.1) is 29.6 Å². The molecule has 0 aromatic carbocycles. The van der Waals surface area contributed by atoms with Gasteiger partial charge in [0, 0.05) is 0 Å². The molecule has 1 aliphatic rings. The molecule has 1 fully saturated rings. The van der Waals surface area contributed by atoms with Gasteiger partial charge in [0.25, 0.3) is 0 Å². The van der Waals surface area contributed by atoms with Crippen LogP contribution in [0.3, 0.4) is 0 Å². The van der Waals surface area contributed by atoms with Gasteiger partial charge in [0.2, 0.25) is 0 Å². The average molecular weight is 255 g/mol. The first kappa shape index (κ1) is 18.0. The van der Waals surface area contributed by atoms with Crippen LogP contribution in [0.15, 0.2) is 0 Å². The van der Waals surface area contributed by atoms with Crippen LogP contribution in [0.4, 0.5) is 0 Å². The molecule has 0 bridgehead atoms. The Hall–Kier alpha value is 0. The van der Waals surface area contributed by atoms with Crippen LogP contribution < -0.4 is 0 Å². The minimum atomic E-state index is 0.933. The van der Waals surface area contributed by atoms with Gasteiger partial charge in [-0.1, -0.05) is 74.1 Å². The monoisotopic (exact) mass is 254 g/mol. The summed E-state index contributed by atoms with van der Waals surface area (Å²) < 4.78 is 0. The minimum Gasteiger partial charge on any atom is -0.0683 e. The highest BCUT2D eigenvalue weighted by Crippen LogP contribution is 2.40. The van der Waals surface area contributed by atoms with E-state index < -0.39 is 0 Å². The number of rotatable bonds is 6. The van der Waals surface area contributed by atoms with Gasteiger partial charge in [-0.2, -0.15) is 0 Å². The highest BCUT2D eigenvalue weighted by Gasteiger charge is 2.30. The van der Waals surface area contributed by atoms with Crippen LogP contribution in [-0.2, 0) is 0 Å². The molecule has 0 saturated heterocycles. The molecule has 0 aliphatic heterocycles. The molecule has 1 saturated carbocycles. The first-order valence-corrected chi connectivity index (χ1v) is 8.54. The second-order valence-corrected chi connectivity index (χ2v) is 6.61. The van der Waals surface area contributed by atoms with Crippen molar-refractivity contribution in [3.8, 4) is 0 Å². The van der Waals surface area contributed by atoms with Crippen molar-refractivity contribution in [1.82, 2.24) is 0 Å². The summed E-state index contributed by atoms with van der Waals surface area (Å²) in [4.78, 5) is 0. The summed E-state index contributed by atoms with van der Waals surface area (Å²) in [7, 11) is 0. The number of hydrogen-bond acceptors (Lipinski definition) is 0. The predicted octanol–water partition coefficient (Wildman–Crippen LogP) is 6.55. The molecule has 0 aromatic heterocycles. The van der Waals surface area contributed by atoms with Gasteiger partial charge in [0.15, 0.2) is 0 Å². The maximum atomic E-state index is 2.48. The Bertz CT molecular complexity index is 184. The summed E-state index contributed by atoms with van der Waals surface area (Å²) >= 11 is 0. The van der Waals surface area contributed by atoms with Crippen molar-refractivity contribution in [2.24, 2.45) is 29.6 Å². The van der Waals surface area contributed by atoms with E-state index in [4.69, 9.17) is 0 Å². The fourth-order valence-corrected chi connectivity index (χ4v) is 3.21. The third-order valence-corrected chi connectivity index (χ3v) is 5.19. The quantitative estimate of drug-likeness (QED) is 0.504. The molecule has 0 heteroatoms. The van der Waals surface area contributed by atoms with Gasteiger partial charge in [0.1, 0.15) is 0 Å². The molecule has 0 heterocycles. The van der Waals surface area contributed by atoms with E-state index in [0.717, 1.165) is 29.6 Å². The van der Waals surface area contributed by atoms with E-state index >= 15 is 0 Å².